The zero-order chi connectivity index (χ0) is 27.5. The number of piperidine rings is 1. The van der Waals surface area contributed by atoms with E-state index in [0.717, 1.165) is 77.4 Å². The lowest BCUT2D eigenvalue weighted by Gasteiger charge is -2.40. The molecule has 0 spiro atoms. The van der Waals surface area contributed by atoms with Crippen LogP contribution in [0.5, 0.6) is 0 Å². The lowest BCUT2D eigenvalue weighted by Crippen LogP contribution is -2.41. The number of hydrogen-bond acceptors (Lipinski definition) is 2. The number of amides is 1. The Bertz CT molecular complexity index is 1520. The lowest BCUT2D eigenvalue weighted by molar-refractivity contribution is 0.0985. The molecule has 2 aliphatic rings. The lowest BCUT2D eigenvalue weighted by atomic mass is 9.74. The Balaban J connectivity index is 1.24. The molecule has 0 radical (unpaired) electrons. The Morgan fingerprint density at radius 2 is 1.40 bits per heavy atom. The minimum atomic E-state index is 0.0489. The molecule has 1 fully saturated rings. The largest absolute Gasteiger partial charge is 0.303 e. The van der Waals surface area contributed by atoms with Gasteiger partial charge in [-0.3, -0.25) is 4.79 Å². The van der Waals surface area contributed by atoms with E-state index in [1.807, 2.05) is 59.5 Å². The Labute approximate surface area is 242 Å². The zero-order valence-electron chi connectivity index (χ0n) is 23.0. The molecule has 0 saturated carbocycles. The highest BCUT2D eigenvalue weighted by atomic mass is 35.5. The minimum Gasteiger partial charge on any atom is -0.303 e. The Morgan fingerprint density at radius 1 is 0.775 bits per heavy atom. The van der Waals surface area contributed by atoms with Gasteiger partial charge in [0.2, 0.25) is 0 Å². The van der Waals surface area contributed by atoms with E-state index in [4.69, 9.17) is 11.6 Å². The number of rotatable bonds is 6. The van der Waals surface area contributed by atoms with Crippen molar-refractivity contribution in [3.63, 3.8) is 0 Å². The van der Waals surface area contributed by atoms with Gasteiger partial charge >= 0.3 is 0 Å². The van der Waals surface area contributed by atoms with Crippen molar-refractivity contribution in [1.82, 2.24) is 4.90 Å². The van der Waals surface area contributed by atoms with Crippen LogP contribution in [0.3, 0.4) is 0 Å². The summed E-state index contributed by atoms with van der Waals surface area (Å²) in [5.41, 5.74) is 7.71. The maximum atomic E-state index is 14.0. The zero-order valence-corrected chi connectivity index (χ0v) is 23.8. The van der Waals surface area contributed by atoms with Crippen LogP contribution < -0.4 is 4.90 Å². The van der Waals surface area contributed by atoms with Crippen LogP contribution in [0.1, 0.15) is 58.8 Å². The van der Waals surface area contributed by atoms with Gasteiger partial charge in [-0.1, -0.05) is 103 Å². The van der Waals surface area contributed by atoms with Crippen LogP contribution in [0.15, 0.2) is 109 Å². The van der Waals surface area contributed by atoms with Crippen molar-refractivity contribution in [3.8, 4) is 0 Å². The number of anilines is 1. The number of likely N-dealkylation sites (tertiary alicyclic amines) is 1. The Hall–Kier alpha value is -3.66. The fourth-order valence-corrected chi connectivity index (χ4v) is 6.31. The molecule has 4 aromatic carbocycles. The SMILES string of the molecule is CC1(c2ccc(Cl)cc2)CCN(CCC=C2c3ccccc3C(=O)N(Cc3ccccc3)c3ccccc32)CC1. The average molecular weight is 547 g/mol. The molecule has 0 atom stereocenters. The molecule has 4 heteroatoms. The summed E-state index contributed by atoms with van der Waals surface area (Å²) in [7, 11) is 0. The number of hydrogen-bond donors (Lipinski definition) is 0. The third-order valence-electron chi connectivity index (χ3n) is 8.66. The van der Waals surface area contributed by atoms with Gasteiger partial charge in [0.05, 0.1) is 12.2 Å². The molecule has 0 unspecified atom stereocenters. The fourth-order valence-electron chi connectivity index (χ4n) is 6.19. The van der Waals surface area contributed by atoms with Gasteiger partial charge in [-0.2, -0.15) is 0 Å². The van der Waals surface area contributed by atoms with E-state index >= 15 is 0 Å². The van der Waals surface area contributed by atoms with Crippen molar-refractivity contribution >= 4 is 28.8 Å². The first-order chi connectivity index (χ1) is 19.5. The van der Waals surface area contributed by atoms with E-state index in [2.05, 4.69) is 66.4 Å². The first kappa shape index (κ1) is 26.6. The molecular weight excluding hydrogens is 512 g/mol. The van der Waals surface area contributed by atoms with E-state index in [-0.39, 0.29) is 11.3 Å². The van der Waals surface area contributed by atoms with Gasteiger partial charge in [0, 0.05) is 22.7 Å². The number of para-hydroxylation sites is 1. The van der Waals surface area contributed by atoms with E-state index in [1.165, 1.54) is 5.56 Å². The van der Waals surface area contributed by atoms with Crippen molar-refractivity contribution in [2.45, 2.75) is 38.1 Å². The second kappa shape index (κ2) is 11.4. The molecule has 2 heterocycles. The molecule has 202 valence electrons. The van der Waals surface area contributed by atoms with Crippen LogP contribution in [0.25, 0.3) is 5.57 Å². The first-order valence-electron chi connectivity index (χ1n) is 14.2. The molecule has 40 heavy (non-hydrogen) atoms. The van der Waals surface area contributed by atoms with E-state index < -0.39 is 0 Å². The summed E-state index contributed by atoms with van der Waals surface area (Å²) in [6.45, 7) is 6.09. The Kier molecular flexibility index (Phi) is 7.60. The molecule has 0 bridgehead atoms. The first-order valence-corrected chi connectivity index (χ1v) is 14.6. The van der Waals surface area contributed by atoms with Crippen LogP contribution in [-0.2, 0) is 12.0 Å². The van der Waals surface area contributed by atoms with Crippen LogP contribution in [0, 0.1) is 0 Å². The van der Waals surface area contributed by atoms with Gasteiger partial charge in [-0.25, -0.2) is 0 Å². The smallest absolute Gasteiger partial charge is 0.259 e. The number of carbonyl (C=O) groups excluding carboxylic acids is 1. The summed E-state index contributed by atoms with van der Waals surface area (Å²) in [6.07, 6.45) is 5.56. The summed E-state index contributed by atoms with van der Waals surface area (Å²) in [6, 6.07) is 35.1. The summed E-state index contributed by atoms with van der Waals surface area (Å²) in [4.78, 5) is 18.5. The quantitative estimate of drug-likeness (QED) is 0.242. The van der Waals surface area contributed by atoms with E-state index in [0.29, 0.717) is 6.54 Å². The molecule has 0 aliphatic carbocycles. The average Bonchev–Trinajstić information content (AvgIpc) is 3.08. The highest BCUT2D eigenvalue weighted by Gasteiger charge is 2.32. The summed E-state index contributed by atoms with van der Waals surface area (Å²) in [5, 5.41) is 0.796. The van der Waals surface area contributed by atoms with E-state index in [9.17, 15) is 4.79 Å². The highest BCUT2D eigenvalue weighted by Crippen LogP contribution is 2.39. The molecule has 0 N–H and O–H groups in total. The van der Waals surface area contributed by atoms with Crippen LogP contribution in [-0.4, -0.2) is 30.4 Å². The van der Waals surface area contributed by atoms with Crippen molar-refractivity contribution in [1.29, 1.82) is 0 Å². The molecule has 1 saturated heterocycles. The summed E-state index contributed by atoms with van der Waals surface area (Å²) in [5.74, 6) is 0.0489. The van der Waals surface area contributed by atoms with Crippen LogP contribution in [0.4, 0.5) is 5.69 Å². The van der Waals surface area contributed by atoms with Crippen molar-refractivity contribution in [2.24, 2.45) is 0 Å². The molecule has 4 aromatic rings. The second-order valence-electron chi connectivity index (χ2n) is 11.3. The number of fused-ring (bicyclic) bond motifs is 2. The molecular formula is C36H35ClN2O. The maximum Gasteiger partial charge on any atom is 0.259 e. The standard InChI is InChI=1S/C36H35ClN2O/c1-36(28-17-19-29(37)20-18-28)21-24-38(25-22-36)23-9-15-30-31-12-5-6-14-33(31)35(40)39(26-27-10-3-2-4-11-27)34-16-8-7-13-32(30)34/h2-8,10-20H,9,21-26H2,1H3. The highest BCUT2D eigenvalue weighted by molar-refractivity contribution is 6.30. The fraction of sp³-hybridized carbons (Fsp3) is 0.250. The van der Waals surface area contributed by atoms with Crippen LogP contribution >= 0.6 is 11.6 Å². The molecule has 3 nitrogen and oxygen atoms in total. The third kappa shape index (κ3) is 5.37. The number of carbonyl (C=O) groups is 1. The molecule has 1 amide bonds. The normalized spacial score (nSPS) is 17.8. The number of nitrogens with zero attached hydrogens (tertiary/aromatic N) is 2. The van der Waals surface area contributed by atoms with Gasteiger partial charge in [-0.05, 0) is 84.3 Å². The van der Waals surface area contributed by atoms with Gasteiger partial charge in [0.25, 0.3) is 5.91 Å². The van der Waals surface area contributed by atoms with Gasteiger partial charge in [-0.15, -0.1) is 0 Å². The third-order valence-corrected chi connectivity index (χ3v) is 8.91. The van der Waals surface area contributed by atoms with Crippen molar-refractivity contribution in [3.05, 3.63) is 142 Å². The predicted octanol–water partition coefficient (Wildman–Crippen LogP) is 8.38. The predicted molar refractivity (Wildman–Crippen MR) is 166 cm³/mol. The van der Waals surface area contributed by atoms with Gasteiger partial charge < -0.3 is 9.80 Å². The monoisotopic (exact) mass is 546 g/mol. The summed E-state index contributed by atoms with van der Waals surface area (Å²) >= 11 is 6.13. The summed E-state index contributed by atoms with van der Waals surface area (Å²) < 4.78 is 0. The number of benzene rings is 4. The molecule has 2 aliphatic heterocycles. The Morgan fingerprint density at radius 3 is 2.12 bits per heavy atom. The molecule has 0 aromatic heterocycles. The number of halogens is 1. The van der Waals surface area contributed by atoms with Crippen LogP contribution in [0.2, 0.25) is 5.02 Å². The molecule has 6 rings (SSSR count). The second-order valence-corrected chi connectivity index (χ2v) is 11.7. The van der Waals surface area contributed by atoms with Gasteiger partial charge in [0.15, 0.2) is 0 Å². The minimum absolute atomic E-state index is 0.0489. The van der Waals surface area contributed by atoms with Crippen molar-refractivity contribution in [2.75, 3.05) is 24.5 Å². The van der Waals surface area contributed by atoms with E-state index in [1.54, 1.807) is 0 Å². The van der Waals surface area contributed by atoms with Crippen molar-refractivity contribution < 1.29 is 4.79 Å². The maximum absolute atomic E-state index is 14.0. The topological polar surface area (TPSA) is 23.6 Å². The van der Waals surface area contributed by atoms with Gasteiger partial charge in [0.1, 0.15) is 0 Å².